The van der Waals surface area contributed by atoms with Crippen molar-refractivity contribution in [2.45, 2.75) is 12.8 Å². The molecule has 1 atom stereocenters. The van der Waals surface area contributed by atoms with E-state index in [-0.39, 0.29) is 5.92 Å². The lowest BCUT2D eigenvalue weighted by Crippen LogP contribution is -2.10. The summed E-state index contributed by atoms with van der Waals surface area (Å²) in [5.74, 6) is 1.23. The van der Waals surface area contributed by atoms with Crippen LogP contribution in [-0.4, -0.2) is 16.7 Å². The van der Waals surface area contributed by atoms with Gasteiger partial charge in [0.2, 0.25) is 0 Å². The fourth-order valence-corrected chi connectivity index (χ4v) is 1.38. The molecule has 2 rings (SSSR count). The van der Waals surface area contributed by atoms with E-state index in [4.69, 9.17) is 21.9 Å². The van der Waals surface area contributed by atoms with Crippen LogP contribution >= 0.6 is 11.6 Å². The molecule has 0 saturated carbocycles. The first-order valence-electron chi connectivity index (χ1n) is 5.00. The van der Waals surface area contributed by atoms with Gasteiger partial charge in [-0.2, -0.15) is 4.98 Å². The van der Waals surface area contributed by atoms with E-state index < -0.39 is 0 Å². The van der Waals surface area contributed by atoms with Crippen molar-refractivity contribution in [1.82, 2.24) is 10.1 Å². The van der Waals surface area contributed by atoms with Crippen LogP contribution in [0.15, 0.2) is 28.8 Å². The van der Waals surface area contributed by atoms with E-state index >= 15 is 0 Å². The zero-order chi connectivity index (χ0) is 11.5. The van der Waals surface area contributed by atoms with Gasteiger partial charge in [-0.25, -0.2) is 0 Å². The number of aromatic nitrogens is 2. The monoisotopic (exact) mass is 237 g/mol. The van der Waals surface area contributed by atoms with Crippen molar-refractivity contribution < 1.29 is 4.52 Å². The van der Waals surface area contributed by atoms with Gasteiger partial charge in [0.25, 0.3) is 5.89 Å². The van der Waals surface area contributed by atoms with Gasteiger partial charge in [0.1, 0.15) is 0 Å². The molecule has 5 heteroatoms. The number of hydrogen-bond acceptors (Lipinski definition) is 4. The summed E-state index contributed by atoms with van der Waals surface area (Å²) in [5, 5.41) is 4.57. The molecule has 1 aromatic heterocycles. The highest BCUT2D eigenvalue weighted by molar-refractivity contribution is 6.30. The summed E-state index contributed by atoms with van der Waals surface area (Å²) >= 11 is 5.79. The zero-order valence-corrected chi connectivity index (χ0v) is 9.61. The maximum Gasteiger partial charge on any atom is 0.257 e. The van der Waals surface area contributed by atoms with E-state index in [1.807, 2.05) is 19.1 Å². The molecule has 0 aliphatic heterocycles. The molecule has 1 heterocycles. The number of benzene rings is 1. The molecule has 0 aliphatic carbocycles. The lowest BCUT2D eigenvalue weighted by Gasteiger charge is -1.98. The van der Waals surface area contributed by atoms with Crippen LogP contribution in [0.25, 0.3) is 11.5 Å². The second kappa shape index (κ2) is 4.63. The van der Waals surface area contributed by atoms with Gasteiger partial charge < -0.3 is 10.3 Å². The Hall–Kier alpha value is -1.39. The summed E-state index contributed by atoms with van der Waals surface area (Å²) in [6, 6.07) is 7.25. The molecular weight excluding hydrogens is 226 g/mol. The highest BCUT2D eigenvalue weighted by Crippen LogP contribution is 2.21. The smallest absolute Gasteiger partial charge is 0.257 e. The normalized spacial score (nSPS) is 12.7. The molecule has 16 heavy (non-hydrogen) atoms. The molecule has 0 fully saturated rings. The second-order valence-corrected chi connectivity index (χ2v) is 4.04. The topological polar surface area (TPSA) is 64.9 Å². The maximum atomic E-state index is 5.79. The van der Waals surface area contributed by atoms with Crippen molar-refractivity contribution in [3.63, 3.8) is 0 Å². The standard InChI is InChI=1S/C11H12ClN3O/c1-7(6-13)10-14-11(16-15-10)8-2-4-9(12)5-3-8/h2-5,7H,6,13H2,1H3. The van der Waals surface area contributed by atoms with E-state index in [9.17, 15) is 0 Å². The Kier molecular flexibility index (Phi) is 3.22. The fraction of sp³-hybridized carbons (Fsp3) is 0.273. The fourth-order valence-electron chi connectivity index (χ4n) is 1.25. The molecule has 84 valence electrons. The summed E-state index contributed by atoms with van der Waals surface area (Å²) < 4.78 is 5.15. The number of nitrogens with two attached hydrogens (primary N) is 1. The Balaban J connectivity index is 2.28. The van der Waals surface area contributed by atoms with Gasteiger partial charge in [-0.3, -0.25) is 0 Å². The van der Waals surface area contributed by atoms with Gasteiger partial charge in [0.15, 0.2) is 5.82 Å². The molecule has 0 saturated heterocycles. The minimum atomic E-state index is 0.102. The molecule has 1 aromatic carbocycles. The van der Waals surface area contributed by atoms with Crippen LogP contribution < -0.4 is 5.73 Å². The molecule has 2 N–H and O–H groups in total. The molecule has 1 unspecified atom stereocenters. The van der Waals surface area contributed by atoms with E-state index in [0.717, 1.165) is 5.56 Å². The Morgan fingerprint density at radius 3 is 2.69 bits per heavy atom. The lowest BCUT2D eigenvalue weighted by atomic mass is 10.2. The second-order valence-electron chi connectivity index (χ2n) is 3.60. The number of halogens is 1. The first-order valence-corrected chi connectivity index (χ1v) is 5.38. The van der Waals surface area contributed by atoms with Gasteiger partial charge in [0, 0.05) is 23.0 Å². The van der Waals surface area contributed by atoms with Crippen LogP contribution in [0.3, 0.4) is 0 Å². The molecule has 0 radical (unpaired) electrons. The Morgan fingerprint density at radius 2 is 2.06 bits per heavy atom. The van der Waals surface area contributed by atoms with E-state index in [1.54, 1.807) is 12.1 Å². The third-order valence-electron chi connectivity index (χ3n) is 2.33. The van der Waals surface area contributed by atoms with Crippen LogP contribution in [0.1, 0.15) is 18.7 Å². The van der Waals surface area contributed by atoms with Crippen LogP contribution in [0.4, 0.5) is 0 Å². The van der Waals surface area contributed by atoms with Gasteiger partial charge in [-0.05, 0) is 24.3 Å². The highest BCUT2D eigenvalue weighted by atomic mass is 35.5. The van der Waals surface area contributed by atoms with Crippen LogP contribution in [-0.2, 0) is 0 Å². The van der Waals surface area contributed by atoms with Gasteiger partial charge in [-0.1, -0.05) is 23.7 Å². The molecule has 2 aromatic rings. The Labute approximate surface area is 98.4 Å². The average Bonchev–Trinajstić information content (AvgIpc) is 2.78. The summed E-state index contributed by atoms with van der Waals surface area (Å²) in [6.07, 6.45) is 0. The number of rotatable bonds is 3. The van der Waals surface area contributed by atoms with Crippen molar-refractivity contribution in [2.75, 3.05) is 6.54 Å². The molecular formula is C11H12ClN3O. The van der Waals surface area contributed by atoms with Crippen molar-refractivity contribution in [3.05, 3.63) is 35.1 Å². The van der Waals surface area contributed by atoms with Gasteiger partial charge in [0.05, 0.1) is 0 Å². The van der Waals surface area contributed by atoms with Crippen LogP contribution in [0.5, 0.6) is 0 Å². The summed E-state index contributed by atoms with van der Waals surface area (Å²) in [5.41, 5.74) is 6.39. The quantitative estimate of drug-likeness (QED) is 0.891. The van der Waals surface area contributed by atoms with Crippen LogP contribution in [0, 0.1) is 0 Å². The van der Waals surface area contributed by atoms with Gasteiger partial charge in [-0.15, -0.1) is 0 Å². The highest BCUT2D eigenvalue weighted by Gasteiger charge is 2.13. The largest absolute Gasteiger partial charge is 0.334 e. The first kappa shape index (κ1) is 11.1. The zero-order valence-electron chi connectivity index (χ0n) is 8.85. The third kappa shape index (κ3) is 2.23. The van der Waals surface area contributed by atoms with E-state index in [1.165, 1.54) is 0 Å². The molecule has 0 aliphatic rings. The van der Waals surface area contributed by atoms with Crippen molar-refractivity contribution >= 4 is 11.6 Å². The predicted molar refractivity (Wildman–Crippen MR) is 62.2 cm³/mol. The minimum absolute atomic E-state index is 0.102. The SMILES string of the molecule is CC(CN)c1noc(-c2ccc(Cl)cc2)n1. The summed E-state index contributed by atoms with van der Waals surface area (Å²) in [7, 11) is 0. The third-order valence-corrected chi connectivity index (χ3v) is 2.58. The summed E-state index contributed by atoms with van der Waals surface area (Å²) in [6.45, 7) is 2.45. The summed E-state index contributed by atoms with van der Waals surface area (Å²) in [4.78, 5) is 4.28. The van der Waals surface area contributed by atoms with Crippen LogP contribution in [0.2, 0.25) is 5.02 Å². The number of nitrogens with zero attached hydrogens (tertiary/aromatic N) is 2. The minimum Gasteiger partial charge on any atom is -0.334 e. The molecule has 4 nitrogen and oxygen atoms in total. The maximum absolute atomic E-state index is 5.79. The first-order chi connectivity index (χ1) is 7.70. The molecule has 0 spiro atoms. The van der Waals surface area contributed by atoms with Crippen molar-refractivity contribution in [1.29, 1.82) is 0 Å². The van der Waals surface area contributed by atoms with Crippen molar-refractivity contribution in [3.8, 4) is 11.5 Å². The molecule has 0 amide bonds. The lowest BCUT2D eigenvalue weighted by molar-refractivity contribution is 0.418. The Bertz CT molecular complexity index is 466. The average molecular weight is 238 g/mol. The molecule has 0 bridgehead atoms. The van der Waals surface area contributed by atoms with Crippen molar-refractivity contribution in [2.24, 2.45) is 5.73 Å². The van der Waals surface area contributed by atoms with Gasteiger partial charge >= 0.3 is 0 Å². The number of hydrogen-bond donors (Lipinski definition) is 1. The van der Waals surface area contributed by atoms with E-state index in [0.29, 0.717) is 23.3 Å². The van der Waals surface area contributed by atoms with E-state index in [2.05, 4.69) is 10.1 Å². The predicted octanol–water partition coefficient (Wildman–Crippen LogP) is 2.45. The Morgan fingerprint density at radius 1 is 1.38 bits per heavy atom.